The second kappa shape index (κ2) is 3.77. The van der Waals surface area contributed by atoms with E-state index in [4.69, 9.17) is 10.5 Å². The summed E-state index contributed by atoms with van der Waals surface area (Å²) in [5.41, 5.74) is 5.82. The number of rotatable bonds is 1. The van der Waals surface area contributed by atoms with Crippen LogP contribution in [0, 0.1) is 0 Å². The largest absolute Gasteiger partial charge is 0.379 e. The van der Waals surface area contributed by atoms with Crippen molar-refractivity contribution in [1.82, 2.24) is 4.90 Å². The van der Waals surface area contributed by atoms with Crippen LogP contribution in [-0.4, -0.2) is 63.2 Å². The summed E-state index contributed by atoms with van der Waals surface area (Å²) in [6.07, 6.45) is 0. The Kier molecular flexibility index (Phi) is 2.79. The SMILES string of the molecule is NC1CS(=O)(=O)CC1N1CCOCC1. The molecule has 2 fully saturated rings. The monoisotopic (exact) mass is 220 g/mol. The first kappa shape index (κ1) is 10.4. The lowest BCUT2D eigenvalue weighted by atomic mass is 10.1. The van der Waals surface area contributed by atoms with E-state index < -0.39 is 9.84 Å². The van der Waals surface area contributed by atoms with Gasteiger partial charge in [-0.25, -0.2) is 8.42 Å². The summed E-state index contributed by atoms with van der Waals surface area (Å²) in [6, 6.07) is -0.220. The Hall–Kier alpha value is -0.170. The predicted octanol–water partition coefficient (Wildman–Crippen LogP) is -1.56. The topological polar surface area (TPSA) is 72.6 Å². The van der Waals surface area contributed by atoms with Crippen LogP contribution >= 0.6 is 0 Å². The Morgan fingerprint density at radius 2 is 1.86 bits per heavy atom. The number of sulfone groups is 1. The van der Waals surface area contributed by atoms with Crippen molar-refractivity contribution in [3.63, 3.8) is 0 Å². The summed E-state index contributed by atoms with van der Waals surface area (Å²) in [7, 11) is -2.90. The van der Waals surface area contributed by atoms with Crippen LogP contribution in [0.15, 0.2) is 0 Å². The highest BCUT2D eigenvalue weighted by atomic mass is 32.2. The van der Waals surface area contributed by atoms with E-state index in [0.717, 1.165) is 13.1 Å². The Balaban J connectivity index is 2.04. The van der Waals surface area contributed by atoms with Crippen LogP contribution in [-0.2, 0) is 14.6 Å². The van der Waals surface area contributed by atoms with Gasteiger partial charge in [-0.1, -0.05) is 0 Å². The number of hydrogen-bond acceptors (Lipinski definition) is 5. The van der Waals surface area contributed by atoms with E-state index in [1.807, 2.05) is 0 Å². The van der Waals surface area contributed by atoms with Crippen molar-refractivity contribution in [1.29, 1.82) is 0 Å². The first-order valence-electron chi connectivity index (χ1n) is 4.86. The fourth-order valence-corrected chi connectivity index (χ4v) is 4.06. The molecule has 2 rings (SSSR count). The van der Waals surface area contributed by atoms with Gasteiger partial charge in [0.25, 0.3) is 0 Å². The molecule has 5 nitrogen and oxygen atoms in total. The quantitative estimate of drug-likeness (QED) is 0.579. The molecule has 0 amide bonds. The average Bonchev–Trinajstić information content (AvgIpc) is 2.41. The molecule has 0 radical (unpaired) electrons. The van der Waals surface area contributed by atoms with Gasteiger partial charge < -0.3 is 10.5 Å². The molecular formula is C8H16N2O3S. The van der Waals surface area contributed by atoms with Crippen LogP contribution in [0.2, 0.25) is 0 Å². The molecule has 0 aliphatic carbocycles. The van der Waals surface area contributed by atoms with E-state index in [0.29, 0.717) is 13.2 Å². The average molecular weight is 220 g/mol. The zero-order valence-electron chi connectivity index (χ0n) is 8.05. The molecule has 2 unspecified atom stereocenters. The molecule has 0 aromatic carbocycles. The molecule has 6 heteroatoms. The van der Waals surface area contributed by atoms with Crippen molar-refractivity contribution in [2.45, 2.75) is 12.1 Å². The summed E-state index contributed by atoms with van der Waals surface area (Å²) in [5.74, 6) is 0.350. The molecule has 0 aromatic heterocycles. The second-order valence-electron chi connectivity index (χ2n) is 3.96. The minimum absolute atomic E-state index is 0.00361. The molecular weight excluding hydrogens is 204 g/mol. The summed E-state index contributed by atoms with van der Waals surface area (Å²) in [4.78, 5) is 2.14. The van der Waals surface area contributed by atoms with Crippen molar-refractivity contribution >= 4 is 9.84 Å². The third-order valence-corrected chi connectivity index (χ3v) is 4.62. The molecule has 0 aromatic rings. The molecule has 0 saturated carbocycles. The molecule has 82 valence electrons. The van der Waals surface area contributed by atoms with Gasteiger partial charge in [-0.3, -0.25) is 4.90 Å². The van der Waals surface area contributed by atoms with Crippen molar-refractivity contribution in [2.24, 2.45) is 5.73 Å². The summed E-state index contributed by atoms with van der Waals surface area (Å²) in [5, 5.41) is 0. The second-order valence-corrected chi connectivity index (χ2v) is 6.11. The van der Waals surface area contributed by atoms with Gasteiger partial charge in [0.1, 0.15) is 0 Å². The Labute approximate surface area is 84.1 Å². The van der Waals surface area contributed by atoms with Gasteiger partial charge in [0, 0.05) is 25.2 Å². The summed E-state index contributed by atoms with van der Waals surface area (Å²) < 4.78 is 27.9. The van der Waals surface area contributed by atoms with Crippen molar-refractivity contribution in [3.05, 3.63) is 0 Å². The van der Waals surface area contributed by atoms with E-state index in [2.05, 4.69) is 4.90 Å². The lowest BCUT2D eigenvalue weighted by Crippen LogP contribution is -2.51. The van der Waals surface area contributed by atoms with E-state index in [1.54, 1.807) is 0 Å². The van der Waals surface area contributed by atoms with Crippen LogP contribution in [0.25, 0.3) is 0 Å². The fraction of sp³-hybridized carbons (Fsp3) is 1.00. The Morgan fingerprint density at radius 1 is 1.21 bits per heavy atom. The first-order chi connectivity index (χ1) is 6.58. The van der Waals surface area contributed by atoms with E-state index in [1.165, 1.54) is 0 Å². The fourth-order valence-electron chi connectivity index (χ4n) is 2.14. The molecule has 2 heterocycles. The zero-order chi connectivity index (χ0) is 10.2. The lowest BCUT2D eigenvalue weighted by Gasteiger charge is -2.33. The lowest BCUT2D eigenvalue weighted by molar-refractivity contribution is 0.0188. The van der Waals surface area contributed by atoms with Gasteiger partial charge in [0.2, 0.25) is 0 Å². The molecule has 2 aliphatic heterocycles. The Bertz CT molecular complexity index is 298. The van der Waals surface area contributed by atoms with Gasteiger partial charge in [0.15, 0.2) is 9.84 Å². The highest BCUT2D eigenvalue weighted by molar-refractivity contribution is 7.91. The van der Waals surface area contributed by atoms with E-state index in [9.17, 15) is 8.42 Å². The van der Waals surface area contributed by atoms with Crippen LogP contribution in [0.5, 0.6) is 0 Å². The van der Waals surface area contributed by atoms with Gasteiger partial charge in [-0.2, -0.15) is 0 Å². The van der Waals surface area contributed by atoms with Crippen molar-refractivity contribution in [2.75, 3.05) is 37.8 Å². The van der Waals surface area contributed by atoms with Crippen molar-refractivity contribution < 1.29 is 13.2 Å². The van der Waals surface area contributed by atoms with Crippen LogP contribution in [0.1, 0.15) is 0 Å². The number of morpholine rings is 1. The molecule has 2 saturated heterocycles. The molecule has 2 atom stereocenters. The van der Waals surface area contributed by atoms with Crippen LogP contribution in [0.3, 0.4) is 0 Å². The van der Waals surface area contributed by atoms with E-state index >= 15 is 0 Å². The minimum atomic E-state index is -2.90. The molecule has 0 bridgehead atoms. The van der Waals surface area contributed by atoms with Crippen molar-refractivity contribution in [3.8, 4) is 0 Å². The molecule has 0 spiro atoms. The summed E-state index contributed by atoms with van der Waals surface area (Å²) >= 11 is 0. The highest BCUT2D eigenvalue weighted by Gasteiger charge is 2.39. The van der Waals surface area contributed by atoms with Gasteiger partial charge in [-0.15, -0.1) is 0 Å². The first-order valence-corrected chi connectivity index (χ1v) is 6.68. The molecule has 2 aliphatic rings. The maximum atomic E-state index is 11.4. The third kappa shape index (κ3) is 2.08. The number of nitrogens with zero attached hydrogens (tertiary/aromatic N) is 1. The van der Waals surface area contributed by atoms with Gasteiger partial charge in [0.05, 0.1) is 24.7 Å². The minimum Gasteiger partial charge on any atom is -0.379 e. The molecule has 14 heavy (non-hydrogen) atoms. The Morgan fingerprint density at radius 3 is 2.36 bits per heavy atom. The standard InChI is InChI=1S/C8H16N2O3S/c9-7-5-14(11,12)6-8(7)10-1-3-13-4-2-10/h7-8H,1-6,9H2. The summed E-state index contributed by atoms with van der Waals surface area (Å²) in [6.45, 7) is 2.97. The normalized spacial score (nSPS) is 38.6. The van der Waals surface area contributed by atoms with Gasteiger partial charge in [-0.05, 0) is 0 Å². The maximum Gasteiger partial charge on any atom is 0.153 e. The highest BCUT2D eigenvalue weighted by Crippen LogP contribution is 2.17. The van der Waals surface area contributed by atoms with Crippen LogP contribution in [0.4, 0.5) is 0 Å². The predicted molar refractivity (Wildman–Crippen MR) is 52.8 cm³/mol. The third-order valence-electron chi connectivity index (χ3n) is 2.88. The molecule has 2 N–H and O–H groups in total. The number of hydrogen-bond donors (Lipinski definition) is 1. The van der Waals surface area contributed by atoms with Crippen LogP contribution < -0.4 is 5.73 Å². The maximum absolute atomic E-state index is 11.4. The zero-order valence-corrected chi connectivity index (χ0v) is 8.87. The smallest absolute Gasteiger partial charge is 0.153 e. The van der Waals surface area contributed by atoms with E-state index in [-0.39, 0.29) is 23.6 Å². The van der Waals surface area contributed by atoms with Gasteiger partial charge >= 0.3 is 0 Å². The number of ether oxygens (including phenoxy) is 1. The number of nitrogens with two attached hydrogens (primary N) is 1.